The van der Waals surface area contributed by atoms with Crippen LogP contribution in [0, 0.1) is 11.8 Å². The van der Waals surface area contributed by atoms with Gasteiger partial charge in [0, 0.05) is 26.2 Å². The zero-order valence-electron chi connectivity index (χ0n) is 11.4. The van der Waals surface area contributed by atoms with Crippen LogP contribution in [0.3, 0.4) is 0 Å². The predicted octanol–water partition coefficient (Wildman–Crippen LogP) is 1.54. The summed E-state index contributed by atoms with van der Waals surface area (Å²) in [5.74, 6) is 0.602. The molecule has 0 radical (unpaired) electrons. The first kappa shape index (κ1) is 14.5. The Labute approximate surface area is 104 Å². The average molecular weight is 243 g/mol. The van der Waals surface area contributed by atoms with E-state index in [-0.39, 0.29) is 11.9 Å². The summed E-state index contributed by atoms with van der Waals surface area (Å²) in [7, 11) is 3.16. The fourth-order valence-electron chi connectivity index (χ4n) is 2.17. The number of hydrogen-bond acceptors (Lipinski definition) is 4. The van der Waals surface area contributed by atoms with Gasteiger partial charge in [-0.2, -0.15) is 0 Å². The third-order valence-corrected chi connectivity index (χ3v) is 3.57. The lowest BCUT2D eigenvalue weighted by Crippen LogP contribution is -2.41. The van der Waals surface area contributed by atoms with E-state index in [1.165, 1.54) is 20.0 Å². The zero-order valence-corrected chi connectivity index (χ0v) is 11.4. The molecule has 0 saturated heterocycles. The molecule has 4 heteroatoms. The van der Waals surface area contributed by atoms with Crippen LogP contribution in [0.2, 0.25) is 0 Å². The van der Waals surface area contributed by atoms with E-state index in [1.807, 2.05) is 6.92 Å². The molecule has 1 saturated carbocycles. The van der Waals surface area contributed by atoms with Crippen LogP contribution < -0.4 is 0 Å². The van der Waals surface area contributed by atoms with Gasteiger partial charge < -0.3 is 9.47 Å². The molecule has 1 aliphatic carbocycles. The van der Waals surface area contributed by atoms with Crippen LogP contribution in [0.5, 0.6) is 0 Å². The van der Waals surface area contributed by atoms with E-state index >= 15 is 0 Å². The highest BCUT2D eigenvalue weighted by Crippen LogP contribution is 2.35. The molecule has 0 aromatic carbocycles. The summed E-state index contributed by atoms with van der Waals surface area (Å²) < 4.78 is 9.91. The second kappa shape index (κ2) is 6.97. The van der Waals surface area contributed by atoms with Crippen LogP contribution in [-0.2, 0) is 14.3 Å². The van der Waals surface area contributed by atoms with Crippen molar-refractivity contribution < 1.29 is 14.3 Å². The first-order valence-corrected chi connectivity index (χ1v) is 6.41. The van der Waals surface area contributed by atoms with Gasteiger partial charge in [-0.05, 0) is 25.7 Å². The van der Waals surface area contributed by atoms with Crippen LogP contribution in [0.4, 0.5) is 0 Å². The lowest BCUT2D eigenvalue weighted by Gasteiger charge is -2.30. The third kappa shape index (κ3) is 4.64. The molecular formula is C13H25NO3. The van der Waals surface area contributed by atoms with Gasteiger partial charge in [0.1, 0.15) is 0 Å². The second-order valence-electron chi connectivity index (χ2n) is 4.99. The number of carbonyl (C=O) groups excluding carboxylic acids is 1. The minimum absolute atomic E-state index is 0.0712. The minimum atomic E-state index is -0.129. The van der Waals surface area contributed by atoms with Gasteiger partial charge in [0.15, 0.2) is 0 Å². The maximum Gasteiger partial charge on any atom is 0.309 e. The highest BCUT2D eigenvalue weighted by atomic mass is 16.5. The lowest BCUT2D eigenvalue weighted by atomic mass is 10.1. The monoisotopic (exact) mass is 243 g/mol. The Hall–Kier alpha value is -0.610. The van der Waals surface area contributed by atoms with E-state index in [4.69, 9.17) is 9.47 Å². The molecule has 100 valence electrons. The number of methoxy groups -OCH3 is 2. The molecule has 0 heterocycles. The van der Waals surface area contributed by atoms with Crippen molar-refractivity contribution in [1.29, 1.82) is 0 Å². The fourth-order valence-corrected chi connectivity index (χ4v) is 2.17. The smallest absolute Gasteiger partial charge is 0.309 e. The summed E-state index contributed by atoms with van der Waals surface area (Å²) in [6.07, 6.45) is 2.63. The Bertz CT molecular complexity index is 241. The molecule has 1 rings (SSSR count). The molecule has 0 spiro atoms. The fraction of sp³-hybridized carbons (Fsp3) is 0.923. The normalized spacial score (nSPS) is 19.1. The van der Waals surface area contributed by atoms with Gasteiger partial charge in [0.05, 0.1) is 19.6 Å². The standard InChI is InChI=1S/C13H25NO3/c1-10(13(15)17-4)9-14(7-8-16-3)11(2)12-5-6-12/h10-12H,5-9H2,1-4H3. The van der Waals surface area contributed by atoms with Crippen LogP contribution in [0.25, 0.3) is 0 Å². The maximum atomic E-state index is 11.4. The predicted molar refractivity (Wildman–Crippen MR) is 66.8 cm³/mol. The first-order chi connectivity index (χ1) is 8.10. The highest BCUT2D eigenvalue weighted by molar-refractivity contribution is 5.72. The number of rotatable bonds is 8. The molecule has 2 atom stereocenters. The number of hydrogen-bond donors (Lipinski definition) is 0. The molecule has 0 aliphatic heterocycles. The second-order valence-corrected chi connectivity index (χ2v) is 4.99. The SMILES string of the molecule is COCCN(CC(C)C(=O)OC)C(C)C1CC1. The van der Waals surface area contributed by atoms with E-state index in [2.05, 4.69) is 11.8 Å². The van der Waals surface area contributed by atoms with Gasteiger partial charge in [0.25, 0.3) is 0 Å². The summed E-state index contributed by atoms with van der Waals surface area (Å²) in [5, 5.41) is 0. The van der Waals surface area contributed by atoms with Crippen molar-refractivity contribution in [1.82, 2.24) is 4.90 Å². The van der Waals surface area contributed by atoms with Crippen LogP contribution in [0.1, 0.15) is 26.7 Å². The summed E-state index contributed by atoms with van der Waals surface area (Å²) >= 11 is 0. The number of esters is 1. The van der Waals surface area contributed by atoms with Crippen molar-refractivity contribution in [3.05, 3.63) is 0 Å². The zero-order chi connectivity index (χ0) is 12.8. The van der Waals surface area contributed by atoms with Gasteiger partial charge in [-0.15, -0.1) is 0 Å². The Balaban J connectivity index is 2.46. The molecule has 0 N–H and O–H groups in total. The van der Waals surface area contributed by atoms with Gasteiger partial charge in [-0.3, -0.25) is 9.69 Å². The van der Waals surface area contributed by atoms with Crippen molar-refractivity contribution in [3.63, 3.8) is 0 Å². The maximum absolute atomic E-state index is 11.4. The Kier molecular flexibility index (Phi) is 5.92. The quantitative estimate of drug-likeness (QED) is 0.606. The topological polar surface area (TPSA) is 38.8 Å². The van der Waals surface area contributed by atoms with Crippen molar-refractivity contribution in [3.8, 4) is 0 Å². The molecule has 2 unspecified atom stereocenters. The van der Waals surface area contributed by atoms with Gasteiger partial charge >= 0.3 is 5.97 Å². The molecule has 0 amide bonds. The highest BCUT2D eigenvalue weighted by Gasteiger charge is 2.33. The minimum Gasteiger partial charge on any atom is -0.469 e. The van der Waals surface area contributed by atoms with Crippen molar-refractivity contribution in [2.75, 3.05) is 33.9 Å². The van der Waals surface area contributed by atoms with Crippen molar-refractivity contribution >= 4 is 5.97 Å². The molecule has 17 heavy (non-hydrogen) atoms. The van der Waals surface area contributed by atoms with Crippen LogP contribution in [-0.4, -0.2) is 50.8 Å². The molecule has 0 aromatic rings. The summed E-state index contributed by atoms with van der Waals surface area (Å²) in [4.78, 5) is 13.8. The van der Waals surface area contributed by atoms with E-state index in [0.717, 1.165) is 19.0 Å². The largest absolute Gasteiger partial charge is 0.469 e. The van der Waals surface area contributed by atoms with Crippen LogP contribution in [0.15, 0.2) is 0 Å². The molecular weight excluding hydrogens is 218 g/mol. The molecule has 0 aromatic heterocycles. The number of carbonyl (C=O) groups is 1. The molecule has 4 nitrogen and oxygen atoms in total. The van der Waals surface area contributed by atoms with E-state index in [1.54, 1.807) is 7.11 Å². The van der Waals surface area contributed by atoms with Gasteiger partial charge in [0.2, 0.25) is 0 Å². The Morgan fingerprint density at radius 1 is 1.35 bits per heavy atom. The molecule has 0 bridgehead atoms. The van der Waals surface area contributed by atoms with Crippen LogP contribution >= 0.6 is 0 Å². The van der Waals surface area contributed by atoms with E-state index < -0.39 is 0 Å². The van der Waals surface area contributed by atoms with Gasteiger partial charge in [-0.25, -0.2) is 0 Å². The lowest BCUT2D eigenvalue weighted by molar-refractivity contribution is -0.145. The average Bonchev–Trinajstić information content (AvgIpc) is 3.16. The summed E-state index contributed by atoms with van der Waals surface area (Å²) in [5.41, 5.74) is 0. The Morgan fingerprint density at radius 3 is 2.47 bits per heavy atom. The van der Waals surface area contributed by atoms with Gasteiger partial charge in [-0.1, -0.05) is 6.92 Å². The van der Waals surface area contributed by atoms with E-state index in [0.29, 0.717) is 12.6 Å². The third-order valence-electron chi connectivity index (χ3n) is 3.57. The number of ether oxygens (including phenoxy) is 2. The van der Waals surface area contributed by atoms with Crippen molar-refractivity contribution in [2.24, 2.45) is 11.8 Å². The van der Waals surface area contributed by atoms with Crippen molar-refractivity contribution in [2.45, 2.75) is 32.7 Å². The van der Waals surface area contributed by atoms with E-state index in [9.17, 15) is 4.79 Å². The molecule has 1 aliphatic rings. The summed E-state index contributed by atoms with van der Waals surface area (Å²) in [6.45, 7) is 6.52. The first-order valence-electron chi connectivity index (χ1n) is 6.41. The Morgan fingerprint density at radius 2 is 2.00 bits per heavy atom. The molecule has 1 fully saturated rings. The number of nitrogens with zero attached hydrogens (tertiary/aromatic N) is 1. The summed E-state index contributed by atoms with van der Waals surface area (Å²) in [6, 6.07) is 0.539.